The number of rotatable bonds is 4. The maximum Gasteiger partial charge on any atom is 0.0797 e. The molecule has 1 saturated carbocycles. The van der Waals surface area contributed by atoms with Gasteiger partial charge in [0.05, 0.1) is 11.2 Å². The summed E-state index contributed by atoms with van der Waals surface area (Å²) in [6, 6.07) is 0. The zero-order valence-electron chi connectivity index (χ0n) is 9.68. The van der Waals surface area contributed by atoms with Gasteiger partial charge in [-0.25, -0.2) is 4.98 Å². The molecule has 1 aliphatic carbocycles. The molecule has 0 unspecified atom stereocenters. The summed E-state index contributed by atoms with van der Waals surface area (Å²) in [7, 11) is 0. The Morgan fingerprint density at radius 3 is 2.80 bits per heavy atom. The maximum absolute atomic E-state index is 4.28. The largest absolute Gasteiger partial charge is 0.311 e. The summed E-state index contributed by atoms with van der Waals surface area (Å²) in [6.45, 7) is 5.56. The van der Waals surface area contributed by atoms with E-state index in [0.29, 0.717) is 5.54 Å². The van der Waals surface area contributed by atoms with Crippen LogP contribution in [0.4, 0.5) is 0 Å². The van der Waals surface area contributed by atoms with Crippen molar-refractivity contribution < 1.29 is 0 Å². The molecule has 0 aliphatic heterocycles. The highest BCUT2D eigenvalue weighted by Crippen LogP contribution is 2.28. The second-order valence-electron chi connectivity index (χ2n) is 4.81. The van der Waals surface area contributed by atoms with Gasteiger partial charge in [-0.3, -0.25) is 0 Å². The molecule has 0 aromatic carbocycles. The van der Waals surface area contributed by atoms with Crippen molar-refractivity contribution in [3.8, 4) is 0 Å². The van der Waals surface area contributed by atoms with Crippen LogP contribution in [-0.4, -0.2) is 17.1 Å². The fourth-order valence-corrected chi connectivity index (χ4v) is 3.16. The van der Waals surface area contributed by atoms with E-state index in [2.05, 4.69) is 24.1 Å². The Balaban J connectivity index is 1.77. The van der Waals surface area contributed by atoms with Crippen LogP contribution in [-0.2, 0) is 6.42 Å². The van der Waals surface area contributed by atoms with Gasteiger partial charge >= 0.3 is 0 Å². The van der Waals surface area contributed by atoms with Crippen molar-refractivity contribution in [1.82, 2.24) is 10.3 Å². The molecule has 1 aromatic heterocycles. The normalized spacial score (nSPS) is 19.6. The summed E-state index contributed by atoms with van der Waals surface area (Å²) in [6.07, 6.45) is 6.60. The molecule has 1 N–H and O–H groups in total. The van der Waals surface area contributed by atoms with Gasteiger partial charge in [-0.15, -0.1) is 11.3 Å². The number of hydrogen-bond acceptors (Lipinski definition) is 3. The smallest absolute Gasteiger partial charge is 0.0797 e. The number of aryl methyl sites for hydroxylation is 1. The van der Waals surface area contributed by atoms with Gasteiger partial charge in [0.15, 0.2) is 0 Å². The van der Waals surface area contributed by atoms with E-state index in [-0.39, 0.29) is 0 Å². The predicted molar refractivity (Wildman–Crippen MR) is 65.4 cm³/mol. The van der Waals surface area contributed by atoms with Crippen LogP contribution in [0.1, 0.15) is 43.2 Å². The molecule has 0 amide bonds. The average molecular weight is 224 g/mol. The zero-order chi connectivity index (χ0) is 10.7. The van der Waals surface area contributed by atoms with Gasteiger partial charge < -0.3 is 5.32 Å². The van der Waals surface area contributed by atoms with Gasteiger partial charge in [-0.2, -0.15) is 0 Å². The van der Waals surface area contributed by atoms with Crippen LogP contribution in [0.5, 0.6) is 0 Å². The third-order valence-corrected chi connectivity index (χ3v) is 4.45. The van der Waals surface area contributed by atoms with Gasteiger partial charge in [-0.1, -0.05) is 12.8 Å². The molecule has 1 fully saturated rings. The van der Waals surface area contributed by atoms with Crippen molar-refractivity contribution in [1.29, 1.82) is 0 Å². The molecule has 3 heteroatoms. The average Bonchev–Trinajstić information content (AvgIpc) is 2.78. The van der Waals surface area contributed by atoms with E-state index < -0.39 is 0 Å². The van der Waals surface area contributed by atoms with E-state index in [4.69, 9.17) is 0 Å². The van der Waals surface area contributed by atoms with E-state index >= 15 is 0 Å². The van der Waals surface area contributed by atoms with Gasteiger partial charge in [0.25, 0.3) is 0 Å². The van der Waals surface area contributed by atoms with Gasteiger partial charge in [0.2, 0.25) is 0 Å². The Labute approximate surface area is 96.1 Å². The first kappa shape index (κ1) is 11.1. The summed E-state index contributed by atoms with van der Waals surface area (Å²) >= 11 is 1.78. The molecular weight excluding hydrogens is 204 g/mol. The Bertz CT molecular complexity index is 313. The molecule has 0 saturated heterocycles. The monoisotopic (exact) mass is 224 g/mol. The number of nitrogens with one attached hydrogen (secondary N) is 1. The summed E-state index contributed by atoms with van der Waals surface area (Å²) in [5.74, 6) is 0. The lowest BCUT2D eigenvalue weighted by atomic mass is 10.0. The first-order chi connectivity index (χ1) is 7.20. The van der Waals surface area contributed by atoms with Gasteiger partial charge in [0, 0.05) is 17.0 Å². The summed E-state index contributed by atoms with van der Waals surface area (Å²) in [5, 5.41) is 3.70. The summed E-state index contributed by atoms with van der Waals surface area (Å²) in [5.41, 5.74) is 3.57. The van der Waals surface area contributed by atoms with Crippen LogP contribution in [0.15, 0.2) is 5.51 Å². The highest BCUT2D eigenvalue weighted by molar-refractivity contribution is 7.09. The van der Waals surface area contributed by atoms with E-state index in [1.807, 2.05) is 5.51 Å². The second kappa shape index (κ2) is 4.62. The van der Waals surface area contributed by atoms with Crippen molar-refractivity contribution >= 4 is 11.3 Å². The highest BCUT2D eigenvalue weighted by Gasteiger charge is 2.27. The lowest BCUT2D eigenvalue weighted by Gasteiger charge is -2.25. The number of thiazole rings is 1. The van der Waals surface area contributed by atoms with E-state index in [1.165, 1.54) is 36.3 Å². The number of hydrogen-bond donors (Lipinski definition) is 1. The molecule has 1 heterocycles. The molecule has 2 nitrogen and oxygen atoms in total. The topological polar surface area (TPSA) is 24.9 Å². The van der Waals surface area contributed by atoms with Crippen LogP contribution in [0.3, 0.4) is 0 Å². The fourth-order valence-electron chi connectivity index (χ4n) is 2.38. The summed E-state index contributed by atoms with van der Waals surface area (Å²) < 4.78 is 0. The number of nitrogens with zero attached hydrogens (tertiary/aromatic N) is 1. The van der Waals surface area contributed by atoms with E-state index in [9.17, 15) is 0 Å². The van der Waals surface area contributed by atoms with Crippen molar-refractivity contribution in [2.24, 2.45) is 0 Å². The Kier molecular flexibility index (Phi) is 3.42. The van der Waals surface area contributed by atoms with Crippen molar-refractivity contribution in [3.05, 3.63) is 16.1 Å². The lowest BCUT2D eigenvalue weighted by molar-refractivity contribution is 0.368. The molecule has 15 heavy (non-hydrogen) atoms. The van der Waals surface area contributed by atoms with Gasteiger partial charge in [0.1, 0.15) is 0 Å². The maximum atomic E-state index is 4.28. The zero-order valence-corrected chi connectivity index (χ0v) is 10.5. The second-order valence-corrected chi connectivity index (χ2v) is 5.74. The van der Waals surface area contributed by atoms with Crippen LogP contribution in [0.25, 0.3) is 0 Å². The standard InChI is InChI=1S/C12H20N2S/c1-10-11(15-9-13-10)5-8-14-12(2)6-3-4-7-12/h9,14H,3-8H2,1-2H3. The van der Waals surface area contributed by atoms with Crippen molar-refractivity contribution in [2.75, 3.05) is 6.54 Å². The minimum Gasteiger partial charge on any atom is -0.311 e. The Hall–Kier alpha value is -0.410. The Morgan fingerprint density at radius 2 is 2.20 bits per heavy atom. The molecule has 0 atom stereocenters. The van der Waals surface area contributed by atoms with E-state index in [1.54, 1.807) is 11.3 Å². The van der Waals surface area contributed by atoms with Crippen LogP contribution in [0, 0.1) is 6.92 Å². The van der Waals surface area contributed by atoms with Crippen LogP contribution in [0.2, 0.25) is 0 Å². The van der Waals surface area contributed by atoms with Crippen molar-refractivity contribution in [2.45, 2.75) is 51.5 Å². The summed E-state index contributed by atoms with van der Waals surface area (Å²) in [4.78, 5) is 5.71. The minimum absolute atomic E-state index is 0.415. The highest BCUT2D eigenvalue weighted by atomic mass is 32.1. The molecule has 0 radical (unpaired) electrons. The molecule has 84 valence electrons. The molecule has 2 rings (SSSR count). The third kappa shape index (κ3) is 2.79. The molecule has 0 spiro atoms. The Morgan fingerprint density at radius 1 is 1.47 bits per heavy atom. The molecule has 1 aliphatic rings. The first-order valence-electron chi connectivity index (χ1n) is 5.84. The molecular formula is C12H20N2S. The lowest BCUT2D eigenvalue weighted by Crippen LogP contribution is -2.40. The fraction of sp³-hybridized carbons (Fsp3) is 0.750. The predicted octanol–water partition coefficient (Wildman–Crippen LogP) is 2.92. The number of aromatic nitrogens is 1. The quantitative estimate of drug-likeness (QED) is 0.850. The minimum atomic E-state index is 0.415. The first-order valence-corrected chi connectivity index (χ1v) is 6.72. The van der Waals surface area contributed by atoms with Crippen LogP contribution >= 0.6 is 11.3 Å². The molecule has 1 aromatic rings. The van der Waals surface area contributed by atoms with Crippen LogP contribution < -0.4 is 5.32 Å². The van der Waals surface area contributed by atoms with E-state index in [0.717, 1.165) is 13.0 Å². The SMILES string of the molecule is Cc1ncsc1CCNC1(C)CCCC1. The third-order valence-electron chi connectivity index (χ3n) is 3.46. The molecule has 0 bridgehead atoms. The van der Waals surface area contributed by atoms with Gasteiger partial charge in [-0.05, 0) is 33.1 Å². The van der Waals surface area contributed by atoms with Crippen molar-refractivity contribution in [3.63, 3.8) is 0 Å².